The van der Waals surface area contributed by atoms with E-state index in [-0.39, 0.29) is 10.8 Å². The molecule has 0 saturated heterocycles. The number of aromatic nitrogens is 2. The Hall–Kier alpha value is -8.98. The van der Waals surface area contributed by atoms with Gasteiger partial charge in [-0.1, -0.05) is 216 Å². The van der Waals surface area contributed by atoms with Crippen molar-refractivity contribution >= 4 is 84.4 Å². The molecule has 0 aliphatic heterocycles. The summed E-state index contributed by atoms with van der Waals surface area (Å²) in [6.45, 7) is 14.1. The molecule has 2 heteroatoms. The van der Waals surface area contributed by atoms with E-state index in [1.54, 1.807) is 0 Å². The summed E-state index contributed by atoms with van der Waals surface area (Å²) in [7, 11) is 0. The first-order chi connectivity index (χ1) is 36.6. The third-order valence-corrected chi connectivity index (χ3v) is 16.6. The van der Waals surface area contributed by atoms with Gasteiger partial charge < -0.3 is 9.13 Å². The Morgan fingerprint density at radius 1 is 0.400 bits per heavy atom. The fourth-order valence-corrected chi connectivity index (χ4v) is 12.8. The molecule has 0 amide bonds. The normalized spacial score (nSPS) is 17.4. The summed E-state index contributed by atoms with van der Waals surface area (Å²) in [6, 6.07) is 65.8. The molecule has 0 fully saturated rings. The summed E-state index contributed by atoms with van der Waals surface area (Å²) in [5, 5.41) is 7.49. The van der Waals surface area contributed by atoms with Crippen LogP contribution in [-0.4, -0.2) is 9.13 Å². The lowest BCUT2D eigenvalue weighted by atomic mass is 9.79. The number of benzene rings is 9. The first-order valence-corrected chi connectivity index (χ1v) is 26.4. The average molecular weight is 961 g/mol. The third kappa shape index (κ3) is 7.08. The van der Waals surface area contributed by atoms with Gasteiger partial charge in [0.25, 0.3) is 0 Å². The Morgan fingerprint density at radius 3 is 1.48 bits per heavy atom. The topological polar surface area (TPSA) is 9.86 Å². The molecular weight excluding hydrogens is 905 g/mol. The Labute approximate surface area is 439 Å². The number of para-hydroxylation sites is 2. The molecule has 2 heterocycles. The maximum Gasteiger partial charge on any atom is 0.0541 e. The second-order valence-electron chi connectivity index (χ2n) is 21.8. The largest absolute Gasteiger partial charge is 0.309 e. The first-order valence-electron chi connectivity index (χ1n) is 26.4. The fraction of sp³-hybridized carbons (Fsp3) is 0.0959. The van der Waals surface area contributed by atoms with Crippen LogP contribution in [0.5, 0.6) is 0 Å². The molecule has 11 aromatic rings. The van der Waals surface area contributed by atoms with Gasteiger partial charge in [-0.3, -0.25) is 0 Å². The molecule has 0 saturated carbocycles. The summed E-state index contributed by atoms with van der Waals surface area (Å²) in [6.07, 6.45) is 25.0. The summed E-state index contributed by atoms with van der Waals surface area (Å²) in [4.78, 5) is 0. The molecule has 0 atom stereocenters. The molecule has 0 unspecified atom stereocenters. The van der Waals surface area contributed by atoms with Crippen molar-refractivity contribution in [2.75, 3.05) is 0 Å². The number of hydrogen-bond acceptors (Lipinski definition) is 0. The zero-order valence-electron chi connectivity index (χ0n) is 42.9. The van der Waals surface area contributed by atoms with Crippen molar-refractivity contribution in [3.8, 4) is 27.9 Å². The van der Waals surface area contributed by atoms with Crippen LogP contribution in [0.15, 0.2) is 231 Å². The van der Waals surface area contributed by atoms with Crippen molar-refractivity contribution in [2.24, 2.45) is 0 Å². The molecular formula is C73H56N2. The van der Waals surface area contributed by atoms with Crippen molar-refractivity contribution in [3.63, 3.8) is 0 Å². The van der Waals surface area contributed by atoms with Crippen LogP contribution in [0, 0.1) is 0 Å². The van der Waals surface area contributed by atoms with E-state index < -0.39 is 0 Å². The van der Waals surface area contributed by atoms with Crippen LogP contribution < -0.4 is 0 Å². The van der Waals surface area contributed by atoms with E-state index in [4.69, 9.17) is 0 Å². The highest BCUT2D eigenvalue weighted by Crippen LogP contribution is 2.56. The smallest absolute Gasteiger partial charge is 0.0541 e. The van der Waals surface area contributed by atoms with Crippen molar-refractivity contribution < 1.29 is 0 Å². The number of allylic oxidation sites excluding steroid dienone is 9. The summed E-state index contributed by atoms with van der Waals surface area (Å²) in [5.74, 6) is 0. The predicted octanol–water partition coefficient (Wildman–Crippen LogP) is 19.5. The molecule has 2 aromatic heterocycles. The fourth-order valence-electron chi connectivity index (χ4n) is 12.8. The van der Waals surface area contributed by atoms with Crippen LogP contribution in [0.3, 0.4) is 0 Å². The van der Waals surface area contributed by atoms with Crippen molar-refractivity contribution in [1.82, 2.24) is 9.13 Å². The second-order valence-corrected chi connectivity index (χ2v) is 21.8. The number of nitrogens with zero attached hydrogens (tertiary/aromatic N) is 2. The van der Waals surface area contributed by atoms with Crippen LogP contribution in [0.2, 0.25) is 0 Å². The van der Waals surface area contributed by atoms with E-state index in [0.717, 1.165) is 17.7 Å². The van der Waals surface area contributed by atoms with Gasteiger partial charge in [-0.15, -0.1) is 0 Å². The van der Waals surface area contributed by atoms with Crippen LogP contribution in [-0.2, 0) is 10.8 Å². The Morgan fingerprint density at radius 2 is 0.867 bits per heavy atom. The molecule has 3 aliphatic carbocycles. The zero-order valence-corrected chi connectivity index (χ0v) is 42.9. The molecule has 9 aromatic carbocycles. The zero-order chi connectivity index (χ0) is 50.6. The maximum atomic E-state index is 4.48. The standard InChI is InChI=1S/C73H56N2/c1-47-19-10-8-6-7-9-11-25-66(47)74-68-26-16-14-23-56(68)60-41-48(35-39-70(60)74)29-31-50-33-37-54-58-45-65-59(46-64(58)72(2,3)62(54)43-50)55-38-34-51(44-63(55)73(65,4)5)32-30-49-36-40-71-61(42-49)57-24-15-17-27-69(57)75(71)67-28-18-21-52-20-12-13-22-53(52)67/h6,8-46H,1,7H2,2-5H3/b8-6-,11-9-,19-10-,31-29+,32-30+,66-25+. The molecule has 0 bridgehead atoms. The van der Waals surface area contributed by atoms with E-state index in [9.17, 15) is 0 Å². The Bertz CT molecular complexity index is 4440. The Kier molecular flexibility index (Phi) is 10.2. The highest BCUT2D eigenvalue weighted by Gasteiger charge is 2.41. The van der Waals surface area contributed by atoms with Crippen molar-refractivity contribution in [3.05, 3.63) is 275 Å². The van der Waals surface area contributed by atoms with Gasteiger partial charge in [-0.2, -0.15) is 0 Å². The van der Waals surface area contributed by atoms with Crippen LogP contribution in [0.4, 0.5) is 0 Å². The van der Waals surface area contributed by atoms with E-state index in [0.29, 0.717) is 0 Å². The minimum Gasteiger partial charge on any atom is -0.309 e. The summed E-state index contributed by atoms with van der Waals surface area (Å²) < 4.78 is 4.79. The van der Waals surface area contributed by atoms with E-state index in [1.165, 1.54) is 127 Å². The van der Waals surface area contributed by atoms with Crippen LogP contribution in [0.25, 0.3) is 112 Å². The third-order valence-electron chi connectivity index (χ3n) is 16.6. The first kappa shape index (κ1) is 44.7. The van der Waals surface area contributed by atoms with Gasteiger partial charge in [-0.25, -0.2) is 0 Å². The van der Waals surface area contributed by atoms with Gasteiger partial charge in [0.05, 0.1) is 33.5 Å². The lowest BCUT2D eigenvalue weighted by Gasteiger charge is -2.24. The van der Waals surface area contributed by atoms with Crippen LogP contribution >= 0.6 is 0 Å². The van der Waals surface area contributed by atoms with Gasteiger partial charge in [0.15, 0.2) is 0 Å². The molecule has 0 N–H and O–H groups in total. The van der Waals surface area contributed by atoms with Gasteiger partial charge in [-0.05, 0) is 145 Å². The lowest BCUT2D eigenvalue weighted by molar-refractivity contribution is 0.652. The molecule has 358 valence electrons. The van der Waals surface area contributed by atoms with Crippen molar-refractivity contribution in [1.29, 1.82) is 0 Å². The molecule has 75 heavy (non-hydrogen) atoms. The summed E-state index contributed by atoms with van der Waals surface area (Å²) >= 11 is 0. The minimum atomic E-state index is -0.156. The highest BCUT2D eigenvalue weighted by atomic mass is 15.0. The molecule has 0 radical (unpaired) electrons. The molecule has 2 nitrogen and oxygen atoms in total. The Balaban J connectivity index is 0.751. The van der Waals surface area contributed by atoms with Gasteiger partial charge in [0.2, 0.25) is 0 Å². The monoisotopic (exact) mass is 960 g/mol. The van der Waals surface area contributed by atoms with E-state index in [1.807, 2.05) is 0 Å². The van der Waals surface area contributed by atoms with E-state index in [2.05, 4.69) is 286 Å². The van der Waals surface area contributed by atoms with E-state index >= 15 is 0 Å². The summed E-state index contributed by atoms with van der Waals surface area (Å²) in [5.41, 5.74) is 23.5. The number of rotatable bonds is 6. The van der Waals surface area contributed by atoms with Crippen molar-refractivity contribution in [2.45, 2.75) is 44.9 Å². The van der Waals surface area contributed by atoms with Crippen LogP contribution in [0.1, 0.15) is 78.6 Å². The SMILES string of the molecule is C=C1/C=C\C=C/C/C=C\C=C/1n1c2ccccc2c2cc(/C=C/c3ccc4c(c3)C(C)(C)c3cc5c(cc3-4)C(C)(C)c3cc(/C=C/c4ccc6c(c4)c4ccccc4n6-c4cccc6ccccc46)ccc3-5)ccc21. The number of fused-ring (bicyclic) bond motifs is 13. The highest BCUT2D eigenvalue weighted by molar-refractivity contribution is 6.13. The predicted molar refractivity (Wildman–Crippen MR) is 323 cm³/mol. The minimum absolute atomic E-state index is 0.153. The lowest BCUT2D eigenvalue weighted by Crippen LogP contribution is -2.17. The van der Waals surface area contributed by atoms with Gasteiger partial charge in [0.1, 0.15) is 0 Å². The van der Waals surface area contributed by atoms with Gasteiger partial charge in [0, 0.05) is 37.8 Å². The molecule has 14 rings (SSSR count). The quantitative estimate of drug-likeness (QED) is 0.147. The number of hydrogen-bond donors (Lipinski definition) is 0. The average Bonchev–Trinajstić information content (AvgIpc) is 4.11. The van der Waals surface area contributed by atoms with Gasteiger partial charge >= 0.3 is 0 Å². The molecule has 3 aliphatic rings. The maximum absolute atomic E-state index is 4.48. The molecule has 0 spiro atoms. The second kappa shape index (κ2) is 17.0.